The predicted octanol–water partition coefficient (Wildman–Crippen LogP) is 2.20. The fourth-order valence-corrected chi connectivity index (χ4v) is 1.54. The second-order valence-electron chi connectivity index (χ2n) is 3.59. The summed E-state index contributed by atoms with van der Waals surface area (Å²) >= 11 is 0. The van der Waals surface area contributed by atoms with Crippen LogP contribution in [-0.2, 0) is 6.54 Å². The molecule has 0 amide bonds. The minimum absolute atomic E-state index is 0.0102. The van der Waals surface area contributed by atoms with Gasteiger partial charge in [0.1, 0.15) is 11.6 Å². The molecule has 0 aliphatic carbocycles. The summed E-state index contributed by atoms with van der Waals surface area (Å²) in [5, 5.41) is 6.51. The molecule has 0 bridgehead atoms. The Morgan fingerprint density at radius 2 is 2.06 bits per heavy atom. The molecule has 2 aromatic rings. The molecule has 0 spiro atoms. The van der Waals surface area contributed by atoms with Crippen molar-refractivity contribution in [1.29, 1.82) is 0 Å². The number of aromatic nitrogens is 2. The summed E-state index contributed by atoms with van der Waals surface area (Å²) in [6.07, 6.45) is 1.20. The highest BCUT2D eigenvalue weighted by Crippen LogP contribution is 2.20. The first-order valence-corrected chi connectivity index (χ1v) is 5.11. The van der Waals surface area contributed by atoms with Crippen molar-refractivity contribution in [2.45, 2.75) is 19.5 Å². The van der Waals surface area contributed by atoms with E-state index < -0.39 is 17.7 Å². The van der Waals surface area contributed by atoms with Gasteiger partial charge in [0.15, 0.2) is 5.82 Å². The zero-order valence-electron chi connectivity index (χ0n) is 9.15. The smallest absolute Gasteiger partial charge is 0.213 e. The standard InChI is InChI=1S/C11H11F2N3O/c1-7(14-5-10-15-6-17-16-10)11-8(12)3-2-4-9(11)13/h2-4,6-7,14H,5H2,1H3. The quantitative estimate of drug-likeness (QED) is 0.888. The first-order valence-electron chi connectivity index (χ1n) is 5.11. The van der Waals surface area contributed by atoms with E-state index in [1.807, 2.05) is 0 Å². The Morgan fingerprint density at radius 3 is 2.65 bits per heavy atom. The number of hydrogen-bond donors (Lipinski definition) is 1. The van der Waals surface area contributed by atoms with Gasteiger partial charge >= 0.3 is 0 Å². The summed E-state index contributed by atoms with van der Waals surface area (Å²) in [5.74, 6) is -0.704. The van der Waals surface area contributed by atoms with Gasteiger partial charge in [-0.15, -0.1) is 0 Å². The molecule has 17 heavy (non-hydrogen) atoms. The van der Waals surface area contributed by atoms with Gasteiger partial charge in [0.2, 0.25) is 6.39 Å². The van der Waals surface area contributed by atoms with E-state index in [0.717, 1.165) is 0 Å². The maximum absolute atomic E-state index is 13.4. The molecule has 1 aromatic heterocycles. The van der Waals surface area contributed by atoms with E-state index in [1.165, 1.54) is 24.6 Å². The van der Waals surface area contributed by atoms with Gasteiger partial charge in [0, 0.05) is 11.6 Å². The van der Waals surface area contributed by atoms with Crippen LogP contribution >= 0.6 is 0 Å². The molecule has 2 rings (SSSR count). The van der Waals surface area contributed by atoms with Crippen molar-refractivity contribution in [2.75, 3.05) is 0 Å². The Labute approximate surface area is 96.6 Å². The van der Waals surface area contributed by atoms with Gasteiger partial charge in [-0.2, -0.15) is 4.98 Å². The molecule has 0 saturated heterocycles. The van der Waals surface area contributed by atoms with Crippen molar-refractivity contribution in [3.63, 3.8) is 0 Å². The molecule has 1 aromatic carbocycles. The summed E-state index contributed by atoms with van der Waals surface area (Å²) < 4.78 is 31.4. The Kier molecular flexibility index (Phi) is 3.43. The number of benzene rings is 1. The zero-order chi connectivity index (χ0) is 12.3. The molecular weight excluding hydrogens is 228 g/mol. The molecule has 0 fully saturated rings. The van der Waals surface area contributed by atoms with Crippen LogP contribution in [0.15, 0.2) is 29.1 Å². The molecule has 1 atom stereocenters. The monoisotopic (exact) mass is 239 g/mol. The van der Waals surface area contributed by atoms with Gasteiger partial charge in [0.25, 0.3) is 0 Å². The number of hydrogen-bond acceptors (Lipinski definition) is 4. The van der Waals surface area contributed by atoms with Crippen LogP contribution in [0.1, 0.15) is 24.4 Å². The molecule has 1 N–H and O–H groups in total. The Bertz CT molecular complexity index is 467. The van der Waals surface area contributed by atoms with Crippen LogP contribution < -0.4 is 5.32 Å². The second kappa shape index (κ2) is 5.01. The lowest BCUT2D eigenvalue weighted by molar-refractivity contribution is 0.403. The molecule has 0 radical (unpaired) electrons. The largest absolute Gasteiger partial charge is 0.343 e. The Morgan fingerprint density at radius 1 is 1.35 bits per heavy atom. The third-order valence-electron chi connectivity index (χ3n) is 2.41. The highest BCUT2D eigenvalue weighted by Gasteiger charge is 2.15. The van der Waals surface area contributed by atoms with E-state index in [1.54, 1.807) is 6.92 Å². The zero-order valence-corrected chi connectivity index (χ0v) is 9.15. The van der Waals surface area contributed by atoms with Crippen LogP contribution in [0.25, 0.3) is 0 Å². The van der Waals surface area contributed by atoms with E-state index in [2.05, 4.69) is 20.0 Å². The van der Waals surface area contributed by atoms with E-state index in [4.69, 9.17) is 0 Å². The molecule has 6 heteroatoms. The maximum atomic E-state index is 13.4. The average molecular weight is 239 g/mol. The molecule has 0 aliphatic heterocycles. The van der Waals surface area contributed by atoms with Crippen LogP contribution in [0.5, 0.6) is 0 Å². The van der Waals surface area contributed by atoms with Crippen molar-refractivity contribution < 1.29 is 13.3 Å². The number of nitrogens with one attached hydrogen (secondary N) is 1. The van der Waals surface area contributed by atoms with Crippen molar-refractivity contribution >= 4 is 0 Å². The normalized spacial score (nSPS) is 12.6. The highest BCUT2D eigenvalue weighted by atomic mass is 19.1. The van der Waals surface area contributed by atoms with E-state index in [0.29, 0.717) is 5.82 Å². The molecule has 1 heterocycles. The van der Waals surface area contributed by atoms with Crippen molar-refractivity contribution in [3.8, 4) is 0 Å². The predicted molar refractivity (Wildman–Crippen MR) is 55.9 cm³/mol. The molecular formula is C11H11F2N3O. The minimum atomic E-state index is -0.571. The molecule has 0 saturated carbocycles. The van der Waals surface area contributed by atoms with E-state index >= 15 is 0 Å². The summed E-state index contributed by atoms with van der Waals surface area (Å²) in [4.78, 5) is 3.80. The van der Waals surface area contributed by atoms with Crippen LogP contribution in [0.3, 0.4) is 0 Å². The molecule has 0 aliphatic rings. The third-order valence-corrected chi connectivity index (χ3v) is 2.41. The van der Waals surface area contributed by atoms with Crippen LogP contribution in [0.4, 0.5) is 8.78 Å². The average Bonchev–Trinajstić information content (AvgIpc) is 2.79. The minimum Gasteiger partial charge on any atom is -0.343 e. The Hall–Kier alpha value is -1.82. The first kappa shape index (κ1) is 11.7. The van der Waals surface area contributed by atoms with Crippen molar-refractivity contribution in [3.05, 3.63) is 47.6 Å². The number of halogens is 2. The van der Waals surface area contributed by atoms with Gasteiger partial charge in [-0.3, -0.25) is 0 Å². The van der Waals surface area contributed by atoms with Crippen molar-refractivity contribution in [1.82, 2.24) is 15.5 Å². The summed E-state index contributed by atoms with van der Waals surface area (Å²) in [7, 11) is 0. The topological polar surface area (TPSA) is 51.0 Å². The number of nitrogens with zero attached hydrogens (tertiary/aromatic N) is 2. The SMILES string of the molecule is CC(NCc1ncon1)c1c(F)cccc1F. The Balaban J connectivity index is 2.07. The maximum Gasteiger partial charge on any atom is 0.213 e. The first-order chi connectivity index (χ1) is 8.18. The fourth-order valence-electron chi connectivity index (χ4n) is 1.54. The van der Waals surface area contributed by atoms with Gasteiger partial charge in [-0.25, -0.2) is 8.78 Å². The van der Waals surface area contributed by atoms with Gasteiger partial charge in [-0.05, 0) is 19.1 Å². The molecule has 90 valence electrons. The second-order valence-corrected chi connectivity index (χ2v) is 3.59. The lowest BCUT2D eigenvalue weighted by atomic mass is 10.1. The lowest BCUT2D eigenvalue weighted by Crippen LogP contribution is -2.21. The summed E-state index contributed by atoms with van der Waals surface area (Å²) in [5.41, 5.74) is 0.0102. The number of rotatable bonds is 4. The molecule has 1 unspecified atom stereocenters. The summed E-state index contributed by atoms with van der Waals surface area (Å²) in [6, 6.07) is 3.31. The van der Waals surface area contributed by atoms with Crippen LogP contribution in [0.2, 0.25) is 0 Å². The van der Waals surface area contributed by atoms with Crippen molar-refractivity contribution in [2.24, 2.45) is 0 Å². The highest BCUT2D eigenvalue weighted by molar-refractivity contribution is 5.22. The molecule has 4 nitrogen and oxygen atoms in total. The van der Waals surface area contributed by atoms with E-state index in [-0.39, 0.29) is 12.1 Å². The summed E-state index contributed by atoms with van der Waals surface area (Å²) in [6.45, 7) is 1.95. The van der Waals surface area contributed by atoms with Crippen LogP contribution in [0, 0.1) is 11.6 Å². The van der Waals surface area contributed by atoms with Gasteiger partial charge < -0.3 is 9.84 Å². The van der Waals surface area contributed by atoms with Gasteiger partial charge in [-0.1, -0.05) is 11.2 Å². The third kappa shape index (κ3) is 2.65. The lowest BCUT2D eigenvalue weighted by Gasteiger charge is -2.14. The fraction of sp³-hybridized carbons (Fsp3) is 0.273. The van der Waals surface area contributed by atoms with Gasteiger partial charge in [0.05, 0.1) is 6.54 Å². The van der Waals surface area contributed by atoms with E-state index in [9.17, 15) is 8.78 Å². The van der Waals surface area contributed by atoms with Crippen LogP contribution in [-0.4, -0.2) is 10.1 Å².